The summed E-state index contributed by atoms with van der Waals surface area (Å²) in [5.74, 6) is 0.596. The van der Waals surface area contributed by atoms with Crippen LogP contribution in [0.5, 0.6) is 0 Å². The number of thiocarbonyl (C=S) groups is 1. The lowest BCUT2D eigenvalue weighted by Crippen LogP contribution is -2.27. The van der Waals surface area contributed by atoms with E-state index in [2.05, 4.69) is 0 Å². The highest BCUT2D eigenvalue weighted by Crippen LogP contribution is 2.36. The van der Waals surface area contributed by atoms with Crippen molar-refractivity contribution in [2.75, 3.05) is 4.90 Å². The van der Waals surface area contributed by atoms with E-state index >= 15 is 0 Å². The van der Waals surface area contributed by atoms with Crippen molar-refractivity contribution < 1.29 is 9.21 Å². The molecule has 2 aromatic rings. The van der Waals surface area contributed by atoms with Crippen LogP contribution in [0.2, 0.25) is 5.02 Å². The molecule has 1 amide bonds. The van der Waals surface area contributed by atoms with E-state index in [0.717, 1.165) is 11.3 Å². The lowest BCUT2D eigenvalue weighted by atomic mass is 10.2. The van der Waals surface area contributed by atoms with Crippen LogP contribution in [-0.2, 0) is 4.79 Å². The number of hydrogen-bond donors (Lipinski definition) is 0. The Hall–Kier alpha value is -1.82. The minimum atomic E-state index is -0.144. The van der Waals surface area contributed by atoms with E-state index in [1.54, 1.807) is 24.5 Å². The fourth-order valence-corrected chi connectivity index (χ4v) is 3.69. The minimum absolute atomic E-state index is 0.144. The number of allylic oxidation sites excluding steroid dienone is 2. The number of thioether (sulfide) groups is 1. The second kappa shape index (κ2) is 6.74. The second-order valence-electron chi connectivity index (χ2n) is 4.90. The molecule has 116 valence electrons. The van der Waals surface area contributed by atoms with Crippen molar-refractivity contribution in [2.45, 2.75) is 6.92 Å². The normalized spacial score (nSPS) is 17.4. The van der Waals surface area contributed by atoms with Gasteiger partial charge in [0.05, 0.1) is 16.9 Å². The molecule has 1 fully saturated rings. The number of rotatable bonds is 3. The Bertz CT molecular complexity index is 825. The van der Waals surface area contributed by atoms with E-state index in [1.807, 2.05) is 37.3 Å². The Morgan fingerprint density at radius 1 is 1.35 bits per heavy atom. The summed E-state index contributed by atoms with van der Waals surface area (Å²) in [5.41, 5.74) is 1.59. The highest BCUT2D eigenvalue weighted by Gasteiger charge is 2.33. The molecule has 1 aromatic carbocycles. The maximum Gasteiger partial charge on any atom is 0.270 e. The maximum atomic E-state index is 12.6. The van der Waals surface area contributed by atoms with E-state index < -0.39 is 0 Å². The first-order valence-corrected chi connectivity index (χ1v) is 8.40. The Labute approximate surface area is 148 Å². The molecule has 23 heavy (non-hydrogen) atoms. The van der Waals surface area contributed by atoms with Crippen molar-refractivity contribution in [2.24, 2.45) is 0 Å². The predicted molar refractivity (Wildman–Crippen MR) is 99.6 cm³/mol. The maximum absolute atomic E-state index is 12.6. The number of carbonyl (C=O) groups excluding carboxylic acids is 1. The predicted octanol–water partition coefficient (Wildman–Crippen LogP) is 5.29. The number of anilines is 1. The fraction of sp³-hybridized carbons (Fsp3) is 0.0588. The van der Waals surface area contributed by atoms with Gasteiger partial charge >= 0.3 is 0 Å². The van der Waals surface area contributed by atoms with Gasteiger partial charge in [0.25, 0.3) is 5.91 Å². The lowest BCUT2D eigenvalue weighted by molar-refractivity contribution is -0.113. The van der Waals surface area contributed by atoms with Gasteiger partial charge in [0.2, 0.25) is 0 Å². The van der Waals surface area contributed by atoms with Crippen LogP contribution in [0.4, 0.5) is 5.69 Å². The van der Waals surface area contributed by atoms with E-state index in [4.69, 9.17) is 28.2 Å². The summed E-state index contributed by atoms with van der Waals surface area (Å²) >= 11 is 12.6. The SMILES string of the molecule is CC(=C/c1ccco1)/C=C1\SC(=S)N(c2cccc(Cl)c2)C1=O. The van der Waals surface area contributed by atoms with Gasteiger partial charge in [-0.15, -0.1) is 0 Å². The summed E-state index contributed by atoms with van der Waals surface area (Å²) in [5, 5.41) is 0.564. The van der Waals surface area contributed by atoms with Crippen LogP contribution in [0.15, 0.2) is 63.6 Å². The largest absolute Gasteiger partial charge is 0.465 e. The van der Waals surface area contributed by atoms with Crippen molar-refractivity contribution in [1.29, 1.82) is 0 Å². The second-order valence-corrected chi connectivity index (χ2v) is 7.01. The number of hydrogen-bond acceptors (Lipinski definition) is 4. The quantitative estimate of drug-likeness (QED) is 0.549. The molecule has 0 aliphatic carbocycles. The van der Waals surface area contributed by atoms with Crippen molar-refractivity contribution >= 4 is 57.6 Å². The molecule has 0 saturated carbocycles. The summed E-state index contributed by atoms with van der Waals surface area (Å²) < 4.78 is 5.77. The number of nitrogens with zero attached hydrogens (tertiary/aromatic N) is 1. The van der Waals surface area contributed by atoms with Crippen LogP contribution in [-0.4, -0.2) is 10.2 Å². The summed E-state index contributed by atoms with van der Waals surface area (Å²) in [6.07, 6.45) is 5.29. The Morgan fingerprint density at radius 2 is 2.17 bits per heavy atom. The summed E-state index contributed by atoms with van der Waals surface area (Å²) in [4.78, 5) is 14.7. The molecule has 1 aromatic heterocycles. The number of halogens is 1. The minimum Gasteiger partial charge on any atom is -0.465 e. The van der Waals surface area contributed by atoms with Crippen LogP contribution in [0.1, 0.15) is 12.7 Å². The smallest absolute Gasteiger partial charge is 0.270 e. The van der Waals surface area contributed by atoms with E-state index in [-0.39, 0.29) is 5.91 Å². The molecule has 0 N–H and O–H groups in total. The van der Waals surface area contributed by atoms with Gasteiger partial charge in [0.1, 0.15) is 5.76 Å². The van der Waals surface area contributed by atoms with E-state index in [1.165, 1.54) is 16.7 Å². The van der Waals surface area contributed by atoms with Crippen molar-refractivity contribution in [3.05, 3.63) is 70.0 Å². The molecule has 1 aliphatic heterocycles. The summed E-state index contributed by atoms with van der Waals surface area (Å²) in [6, 6.07) is 10.8. The third kappa shape index (κ3) is 3.58. The number of benzene rings is 1. The molecule has 0 radical (unpaired) electrons. The molecular weight excluding hydrogens is 350 g/mol. The van der Waals surface area contributed by atoms with E-state index in [0.29, 0.717) is 19.9 Å². The molecule has 0 spiro atoms. The highest BCUT2D eigenvalue weighted by atomic mass is 35.5. The van der Waals surface area contributed by atoms with Crippen LogP contribution in [0, 0.1) is 0 Å². The molecule has 0 bridgehead atoms. The van der Waals surface area contributed by atoms with Gasteiger partial charge < -0.3 is 4.42 Å². The first-order valence-electron chi connectivity index (χ1n) is 6.80. The third-order valence-electron chi connectivity index (χ3n) is 3.13. The molecule has 0 atom stereocenters. The molecule has 6 heteroatoms. The number of furan rings is 1. The van der Waals surface area contributed by atoms with E-state index in [9.17, 15) is 4.79 Å². The van der Waals surface area contributed by atoms with Gasteiger partial charge in [-0.05, 0) is 55.0 Å². The van der Waals surface area contributed by atoms with Crippen molar-refractivity contribution in [1.82, 2.24) is 0 Å². The van der Waals surface area contributed by atoms with Crippen LogP contribution in [0.3, 0.4) is 0 Å². The molecular formula is C17H12ClNO2S2. The van der Waals surface area contributed by atoms with Gasteiger partial charge in [0.15, 0.2) is 4.32 Å². The van der Waals surface area contributed by atoms with Gasteiger partial charge in [-0.1, -0.05) is 41.6 Å². The van der Waals surface area contributed by atoms with Gasteiger partial charge in [-0.2, -0.15) is 0 Å². The highest BCUT2D eigenvalue weighted by molar-refractivity contribution is 8.27. The summed E-state index contributed by atoms with van der Waals surface area (Å²) in [7, 11) is 0. The zero-order valence-corrected chi connectivity index (χ0v) is 14.5. The first-order chi connectivity index (χ1) is 11.0. The molecule has 1 saturated heterocycles. The zero-order chi connectivity index (χ0) is 16.4. The monoisotopic (exact) mass is 361 g/mol. The third-order valence-corrected chi connectivity index (χ3v) is 4.67. The van der Waals surface area contributed by atoms with Gasteiger partial charge in [-0.25, -0.2) is 0 Å². The first kappa shape index (κ1) is 16.1. The Balaban J connectivity index is 1.88. The Morgan fingerprint density at radius 3 is 2.87 bits per heavy atom. The van der Waals surface area contributed by atoms with Gasteiger partial charge in [0, 0.05) is 5.02 Å². The molecule has 3 rings (SSSR count). The van der Waals surface area contributed by atoms with Gasteiger partial charge in [-0.3, -0.25) is 9.69 Å². The topological polar surface area (TPSA) is 33.5 Å². The van der Waals surface area contributed by atoms with Crippen LogP contribution >= 0.6 is 35.6 Å². The fourth-order valence-electron chi connectivity index (χ4n) is 2.15. The lowest BCUT2D eigenvalue weighted by Gasteiger charge is -2.14. The van der Waals surface area contributed by atoms with Crippen molar-refractivity contribution in [3.63, 3.8) is 0 Å². The zero-order valence-electron chi connectivity index (χ0n) is 12.2. The summed E-state index contributed by atoms with van der Waals surface area (Å²) in [6.45, 7) is 1.91. The van der Waals surface area contributed by atoms with Crippen molar-refractivity contribution in [3.8, 4) is 0 Å². The number of amides is 1. The number of carbonyl (C=O) groups is 1. The molecule has 2 heterocycles. The average Bonchev–Trinajstić information content (AvgIpc) is 3.08. The van der Waals surface area contributed by atoms with Crippen LogP contribution in [0.25, 0.3) is 6.08 Å². The molecule has 1 aliphatic rings. The average molecular weight is 362 g/mol. The molecule has 3 nitrogen and oxygen atoms in total. The van der Waals surface area contributed by atoms with Crippen LogP contribution < -0.4 is 4.90 Å². The standard InChI is InChI=1S/C17H12ClNO2S2/c1-11(8-14-6-3-7-21-14)9-15-16(20)19(17(22)23-15)13-5-2-4-12(18)10-13/h2-10H,1H3/b11-8-,15-9-. The molecule has 0 unspecified atom stereocenters. The Kier molecular flexibility index (Phi) is 4.71.